The van der Waals surface area contributed by atoms with Gasteiger partial charge in [-0.25, -0.2) is 9.69 Å². The molecule has 2 N–H and O–H groups in total. The van der Waals surface area contributed by atoms with Crippen LogP contribution >= 0.6 is 0 Å². The molecule has 0 aliphatic carbocycles. The van der Waals surface area contributed by atoms with E-state index >= 15 is 0 Å². The maximum absolute atomic E-state index is 12.7. The third-order valence-electron chi connectivity index (χ3n) is 4.26. The monoisotopic (exact) mass is 370 g/mol. The Morgan fingerprint density at radius 1 is 1.11 bits per heavy atom. The van der Waals surface area contributed by atoms with Crippen LogP contribution < -0.4 is 19.7 Å². The second kappa shape index (κ2) is 7.36. The third-order valence-corrected chi connectivity index (χ3v) is 4.26. The van der Waals surface area contributed by atoms with Crippen molar-refractivity contribution >= 4 is 29.2 Å². The molecule has 1 aliphatic rings. The van der Waals surface area contributed by atoms with Crippen molar-refractivity contribution in [2.45, 2.75) is 12.5 Å². The van der Waals surface area contributed by atoms with Crippen molar-refractivity contribution in [1.82, 2.24) is 0 Å². The van der Waals surface area contributed by atoms with E-state index in [-0.39, 0.29) is 17.9 Å². The zero-order chi connectivity index (χ0) is 19.6. The number of hydrogen-bond donors (Lipinski definition) is 2. The van der Waals surface area contributed by atoms with Crippen LogP contribution in [0.5, 0.6) is 11.5 Å². The zero-order valence-electron chi connectivity index (χ0n) is 14.8. The van der Waals surface area contributed by atoms with Gasteiger partial charge in [-0.15, -0.1) is 0 Å². The minimum Gasteiger partial charge on any atom is -0.497 e. The number of rotatable bonds is 6. The molecule has 2 aromatic carbocycles. The minimum atomic E-state index is -1.08. The molecule has 1 heterocycles. The molecular weight excluding hydrogens is 352 g/mol. The van der Waals surface area contributed by atoms with Crippen molar-refractivity contribution < 1.29 is 29.0 Å². The van der Waals surface area contributed by atoms with Crippen LogP contribution in [0.1, 0.15) is 16.8 Å². The largest absolute Gasteiger partial charge is 0.497 e. The van der Waals surface area contributed by atoms with Crippen LogP contribution in [0.3, 0.4) is 0 Å². The quantitative estimate of drug-likeness (QED) is 0.751. The Bertz CT molecular complexity index is 894. The summed E-state index contributed by atoms with van der Waals surface area (Å²) < 4.78 is 10.4. The number of amides is 2. The number of carbonyl (C=O) groups is 3. The molecule has 8 heteroatoms. The highest BCUT2D eigenvalue weighted by Gasteiger charge is 2.39. The lowest BCUT2D eigenvalue weighted by atomic mass is 10.2. The lowest BCUT2D eigenvalue weighted by molar-refractivity contribution is -0.121. The van der Waals surface area contributed by atoms with Crippen molar-refractivity contribution in [3.8, 4) is 11.5 Å². The van der Waals surface area contributed by atoms with Gasteiger partial charge in [0.25, 0.3) is 5.91 Å². The van der Waals surface area contributed by atoms with Gasteiger partial charge in [0.15, 0.2) is 0 Å². The fourth-order valence-electron chi connectivity index (χ4n) is 2.87. The highest BCUT2D eigenvalue weighted by atomic mass is 16.5. The van der Waals surface area contributed by atoms with Crippen LogP contribution in [0, 0.1) is 0 Å². The van der Waals surface area contributed by atoms with E-state index < -0.39 is 17.9 Å². The van der Waals surface area contributed by atoms with Gasteiger partial charge in [-0.2, -0.15) is 0 Å². The molecule has 3 rings (SSSR count). The Balaban J connectivity index is 1.81. The first-order valence-corrected chi connectivity index (χ1v) is 8.13. The number of anilines is 2. The summed E-state index contributed by atoms with van der Waals surface area (Å²) in [5, 5.41) is 12.0. The van der Waals surface area contributed by atoms with Gasteiger partial charge in [-0.05, 0) is 36.4 Å². The SMILES string of the molecule is COc1ccc(NC2CC(=O)N(c3ccc(C(=O)O)cc3)C2=O)c(OC)c1. The Morgan fingerprint density at radius 3 is 2.41 bits per heavy atom. The first-order chi connectivity index (χ1) is 12.9. The van der Waals surface area contributed by atoms with Crippen molar-refractivity contribution in [1.29, 1.82) is 0 Å². The predicted molar refractivity (Wildman–Crippen MR) is 97.5 cm³/mol. The van der Waals surface area contributed by atoms with Crippen LogP contribution in [-0.2, 0) is 9.59 Å². The topological polar surface area (TPSA) is 105 Å². The normalized spacial score (nSPS) is 16.4. The number of hydrogen-bond acceptors (Lipinski definition) is 6. The van der Waals surface area contributed by atoms with E-state index in [0.29, 0.717) is 22.9 Å². The molecule has 0 bridgehead atoms. The summed E-state index contributed by atoms with van der Waals surface area (Å²) in [6, 6.07) is 9.93. The number of carboxylic acid groups (broad SMARTS) is 1. The van der Waals surface area contributed by atoms with Crippen molar-refractivity contribution in [2.24, 2.45) is 0 Å². The van der Waals surface area contributed by atoms with Crippen molar-refractivity contribution in [3.05, 3.63) is 48.0 Å². The van der Waals surface area contributed by atoms with E-state index in [4.69, 9.17) is 14.6 Å². The average molecular weight is 370 g/mol. The molecule has 27 heavy (non-hydrogen) atoms. The summed E-state index contributed by atoms with van der Waals surface area (Å²) in [5.74, 6) is -0.772. The second-order valence-corrected chi connectivity index (χ2v) is 5.89. The number of methoxy groups -OCH3 is 2. The Hall–Kier alpha value is -3.55. The number of nitrogens with one attached hydrogen (secondary N) is 1. The molecule has 140 valence electrons. The second-order valence-electron chi connectivity index (χ2n) is 5.89. The summed E-state index contributed by atoms with van der Waals surface area (Å²) in [4.78, 5) is 37.1. The number of aromatic carboxylic acids is 1. The maximum atomic E-state index is 12.7. The molecule has 0 saturated carbocycles. The smallest absolute Gasteiger partial charge is 0.335 e. The van der Waals surface area contributed by atoms with Crippen LogP contribution in [0.4, 0.5) is 11.4 Å². The number of nitrogens with zero attached hydrogens (tertiary/aromatic N) is 1. The number of benzene rings is 2. The minimum absolute atomic E-state index is 0.0191. The number of carbonyl (C=O) groups excluding carboxylic acids is 2. The van der Waals surface area contributed by atoms with E-state index in [1.165, 1.54) is 38.5 Å². The fourth-order valence-corrected chi connectivity index (χ4v) is 2.87. The molecule has 1 aliphatic heterocycles. The van der Waals surface area contributed by atoms with Crippen LogP contribution in [-0.4, -0.2) is 43.2 Å². The summed E-state index contributed by atoms with van der Waals surface area (Å²) in [5.41, 5.74) is 0.976. The Morgan fingerprint density at radius 2 is 1.81 bits per heavy atom. The van der Waals surface area contributed by atoms with Gasteiger partial charge in [0.2, 0.25) is 5.91 Å². The highest BCUT2D eigenvalue weighted by Crippen LogP contribution is 2.32. The molecule has 0 aromatic heterocycles. The van der Waals surface area contributed by atoms with E-state index in [9.17, 15) is 14.4 Å². The van der Waals surface area contributed by atoms with E-state index in [1.807, 2.05) is 0 Å². The Labute approximate surface area is 155 Å². The zero-order valence-corrected chi connectivity index (χ0v) is 14.8. The first kappa shape index (κ1) is 18.2. The van der Waals surface area contributed by atoms with Crippen LogP contribution in [0.25, 0.3) is 0 Å². The average Bonchev–Trinajstić information content (AvgIpc) is 2.95. The number of imide groups is 1. The van der Waals surface area contributed by atoms with Gasteiger partial charge in [-0.1, -0.05) is 0 Å². The van der Waals surface area contributed by atoms with Gasteiger partial charge in [0.05, 0.1) is 37.6 Å². The number of carboxylic acids is 1. The van der Waals surface area contributed by atoms with E-state index in [2.05, 4.69) is 5.32 Å². The molecule has 8 nitrogen and oxygen atoms in total. The summed E-state index contributed by atoms with van der Waals surface area (Å²) in [6.45, 7) is 0. The van der Waals surface area contributed by atoms with Crippen LogP contribution in [0.15, 0.2) is 42.5 Å². The highest BCUT2D eigenvalue weighted by molar-refractivity contribution is 6.23. The molecule has 1 fully saturated rings. The molecule has 2 aromatic rings. The molecule has 1 unspecified atom stereocenters. The lowest BCUT2D eigenvalue weighted by Crippen LogP contribution is -2.34. The van der Waals surface area contributed by atoms with E-state index in [1.54, 1.807) is 18.2 Å². The van der Waals surface area contributed by atoms with Crippen molar-refractivity contribution in [2.75, 3.05) is 24.4 Å². The standard InChI is InChI=1S/C19H18N2O6/c1-26-13-7-8-14(16(9-13)27-2)20-15-10-17(22)21(18(15)23)12-5-3-11(4-6-12)19(24)25/h3-9,15,20H,10H2,1-2H3,(H,24,25). The maximum Gasteiger partial charge on any atom is 0.335 e. The fraction of sp³-hybridized carbons (Fsp3) is 0.211. The van der Waals surface area contributed by atoms with Gasteiger partial charge in [0.1, 0.15) is 17.5 Å². The van der Waals surface area contributed by atoms with E-state index in [0.717, 1.165) is 4.90 Å². The number of ether oxygens (including phenoxy) is 2. The molecule has 2 amide bonds. The van der Waals surface area contributed by atoms with Gasteiger partial charge >= 0.3 is 5.97 Å². The third kappa shape index (κ3) is 3.55. The summed E-state index contributed by atoms with van der Waals surface area (Å²) >= 11 is 0. The molecule has 0 spiro atoms. The lowest BCUT2D eigenvalue weighted by Gasteiger charge is -2.18. The summed E-state index contributed by atoms with van der Waals surface area (Å²) in [6.07, 6.45) is -0.0191. The van der Waals surface area contributed by atoms with Crippen LogP contribution in [0.2, 0.25) is 0 Å². The Kier molecular flexibility index (Phi) is 4.98. The van der Waals surface area contributed by atoms with Gasteiger partial charge in [-0.3, -0.25) is 9.59 Å². The molecule has 1 atom stereocenters. The molecular formula is C19H18N2O6. The molecule has 1 saturated heterocycles. The summed E-state index contributed by atoms with van der Waals surface area (Å²) in [7, 11) is 3.03. The van der Waals surface area contributed by atoms with Crippen molar-refractivity contribution in [3.63, 3.8) is 0 Å². The molecule has 0 radical (unpaired) electrons. The van der Waals surface area contributed by atoms with Gasteiger partial charge in [0, 0.05) is 6.07 Å². The predicted octanol–water partition coefficient (Wildman–Crippen LogP) is 2.15. The van der Waals surface area contributed by atoms with Gasteiger partial charge < -0.3 is 19.9 Å². The first-order valence-electron chi connectivity index (χ1n) is 8.13.